The summed E-state index contributed by atoms with van der Waals surface area (Å²) >= 11 is 0. The molecule has 138 valence electrons. The number of fused-ring (bicyclic) bond motifs is 1. The highest BCUT2D eigenvalue weighted by Crippen LogP contribution is 2.44. The molecule has 1 aliphatic carbocycles. The fraction of sp³-hybridized carbons (Fsp3) is 0.500. The van der Waals surface area contributed by atoms with Crippen LogP contribution in [0, 0.1) is 18.7 Å². The van der Waals surface area contributed by atoms with Crippen molar-refractivity contribution >= 4 is 17.2 Å². The Morgan fingerprint density at radius 2 is 2.04 bits per heavy atom. The number of aryl methyl sites for hydroxylation is 1. The summed E-state index contributed by atoms with van der Waals surface area (Å²) in [6.07, 6.45) is 5.28. The van der Waals surface area contributed by atoms with E-state index in [2.05, 4.69) is 11.8 Å². The van der Waals surface area contributed by atoms with Crippen LogP contribution >= 0.6 is 0 Å². The van der Waals surface area contributed by atoms with E-state index in [1.54, 1.807) is 0 Å². The number of aromatic carboxylic acids is 1. The third-order valence-electron chi connectivity index (χ3n) is 5.66. The Bertz CT molecular complexity index is 962. The van der Waals surface area contributed by atoms with Crippen molar-refractivity contribution < 1.29 is 14.3 Å². The van der Waals surface area contributed by atoms with Gasteiger partial charge in [-0.25, -0.2) is 9.18 Å². The number of anilines is 1. The second-order valence-corrected chi connectivity index (χ2v) is 7.76. The smallest absolute Gasteiger partial charge is 0.341 e. The summed E-state index contributed by atoms with van der Waals surface area (Å²) in [4.78, 5) is 26.2. The van der Waals surface area contributed by atoms with Crippen molar-refractivity contribution in [2.24, 2.45) is 5.92 Å². The fourth-order valence-corrected chi connectivity index (χ4v) is 4.28. The van der Waals surface area contributed by atoms with E-state index in [-0.39, 0.29) is 11.5 Å². The molecule has 0 spiro atoms. The van der Waals surface area contributed by atoms with E-state index >= 15 is 4.39 Å². The third kappa shape index (κ3) is 2.68. The molecule has 6 heteroatoms. The predicted molar refractivity (Wildman–Crippen MR) is 97.9 cm³/mol. The molecular weight excluding hydrogens is 335 g/mol. The Kier molecular flexibility index (Phi) is 4.01. The summed E-state index contributed by atoms with van der Waals surface area (Å²) in [7, 11) is 0. The Morgan fingerprint density at radius 1 is 1.31 bits per heavy atom. The van der Waals surface area contributed by atoms with Crippen molar-refractivity contribution in [2.45, 2.75) is 45.4 Å². The van der Waals surface area contributed by atoms with Crippen LogP contribution in [0.5, 0.6) is 0 Å². The van der Waals surface area contributed by atoms with Crippen LogP contribution in [-0.2, 0) is 0 Å². The molecule has 1 saturated heterocycles. The summed E-state index contributed by atoms with van der Waals surface area (Å²) < 4.78 is 16.2. The van der Waals surface area contributed by atoms with Crippen LogP contribution in [0.2, 0.25) is 0 Å². The zero-order chi connectivity index (χ0) is 18.6. The topological polar surface area (TPSA) is 62.0 Å². The van der Waals surface area contributed by atoms with E-state index in [4.69, 9.17) is 0 Å². The van der Waals surface area contributed by atoms with Gasteiger partial charge < -0.3 is 10.0 Å². The number of carboxylic acid groups (broad SMARTS) is 1. The zero-order valence-corrected chi connectivity index (χ0v) is 15.1. The Labute approximate surface area is 151 Å². The molecule has 4 rings (SSSR count). The molecule has 0 aromatic carbocycles. The number of aromatic nitrogens is 1. The lowest BCUT2D eigenvalue weighted by molar-refractivity contribution is 0.0694. The van der Waals surface area contributed by atoms with Crippen molar-refractivity contribution in [1.82, 2.24) is 4.40 Å². The maximum atomic E-state index is 15.0. The molecule has 2 fully saturated rings. The largest absolute Gasteiger partial charge is 0.477 e. The molecule has 2 aromatic rings. The van der Waals surface area contributed by atoms with Crippen LogP contribution in [0.25, 0.3) is 5.52 Å². The maximum absolute atomic E-state index is 15.0. The number of carboxylic acids is 1. The molecule has 0 amide bonds. The maximum Gasteiger partial charge on any atom is 0.341 e. The lowest BCUT2D eigenvalue weighted by Gasteiger charge is -2.34. The van der Waals surface area contributed by atoms with Gasteiger partial charge in [0.2, 0.25) is 0 Å². The normalized spacial score (nSPS) is 20.6. The van der Waals surface area contributed by atoms with E-state index in [1.165, 1.54) is 16.7 Å². The van der Waals surface area contributed by atoms with Gasteiger partial charge in [-0.2, -0.15) is 0 Å². The van der Waals surface area contributed by atoms with E-state index in [9.17, 15) is 14.7 Å². The Balaban J connectivity index is 2.00. The quantitative estimate of drug-likeness (QED) is 0.911. The molecule has 2 aliphatic rings. The van der Waals surface area contributed by atoms with Crippen LogP contribution in [-0.4, -0.2) is 28.6 Å². The van der Waals surface area contributed by atoms with Crippen LogP contribution in [0.3, 0.4) is 0 Å². The number of halogens is 1. The van der Waals surface area contributed by atoms with Gasteiger partial charge in [-0.05, 0) is 61.6 Å². The van der Waals surface area contributed by atoms with Crippen molar-refractivity contribution in [3.8, 4) is 0 Å². The molecule has 3 heterocycles. The van der Waals surface area contributed by atoms with Crippen LogP contribution in [0.4, 0.5) is 10.1 Å². The summed E-state index contributed by atoms with van der Waals surface area (Å²) in [6, 6.07) is 1.51. The highest BCUT2D eigenvalue weighted by molar-refractivity contribution is 5.89. The monoisotopic (exact) mass is 358 g/mol. The number of hydrogen-bond donors (Lipinski definition) is 1. The first-order chi connectivity index (χ1) is 12.4. The van der Waals surface area contributed by atoms with E-state index in [1.807, 2.05) is 6.92 Å². The molecule has 1 atom stereocenters. The molecular formula is C20H23FN2O3. The molecule has 5 nitrogen and oxygen atoms in total. The Morgan fingerprint density at radius 3 is 2.65 bits per heavy atom. The highest BCUT2D eigenvalue weighted by atomic mass is 19.1. The summed E-state index contributed by atoms with van der Waals surface area (Å²) in [6.45, 7) is 5.61. The number of pyridine rings is 2. The van der Waals surface area contributed by atoms with Crippen LogP contribution < -0.4 is 10.5 Å². The van der Waals surface area contributed by atoms with Gasteiger partial charge in [0.1, 0.15) is 5.56 Å². The lowest BCUT2D eigenvalue weighted by atomic mass is 9.97. The van der Waals surface area contributed by atoms with E-state index < -0.39 is 17.3 Å². The van der Waals surface area contributed by atoms with Gasteiger partial charge in [-0.15, -0.1) is 0 Å². The van der Waals surface area contributed by atoms with Crippen LogP contribution in [0.1, 0.15) is 60.0 Å². The van der Waals surface area contributed by atoms with Gasteiger partial charge in [-0.1, -0.05) is 6.92 Å². The first-order valence-electron chi connectivity index (χ1n) is 9.25. The number of rotatable bonds is 3. The molecule has 1 saturated carbocycles. The third-order valence-corrected chi connectivity index (χ3v) is 5.66. The van der Waals surface area contributed by atoms with Gasteiger partial charge in [0, 0.05) is 13.1 Å². The first kappa shape index (κ1) is 17.1. The van der Waals surface area contributed by atoms with Gasteiger partial charge in [-0.3, -0.25) is 9.20 Å². The lowest BCUT2D eigenvalue weighted by Crippen LogP contribution is -2.36. The van der Waals surface area contributed by atoms with Crippen molar-refractivity contribution in [3.05, 3.63) is 45.1 Å². The second-order valence-electron chi connectivity index (χ2n) is 7.76. The van der Waals surface area contributed by atoms with Crippen LogP contribution in [0.15, 0.2) is 17.1 Å². The highest BCUT2D eigenvalue weighted by Gasteiger charge is 2.31. The summed E-state index contributed by atoms with van der Waals surface area (Å²) in [5.74, 6) is -0.979. The summed E-state index contributed by atoms with van der Waals surface area (Å²) in [5, 5.41) is 9.36. The van der Waals surface area contributed by atoms with Gasteiger partial charge in [0.25, 0.3) is 5.56 Å². The minimum Gasteiger partial charge on any atom is -0.477 e. The summed E-state index contributed by atoms with van der Waals surface area (Å²) in [5.41, 5.74) is 1.86. The minimum atomic E-state index is -1.27. The fourth-order valence-electron chi connectivity index (χ4n) is 4.28. The van der Waals surface area contributed by atoms with Gasteiger partial charge in [0.05, 0.1) is 17.4 Å². The molecule has 26 heavy (non-hydrogen) atoms. The molecule has 1 N–H and O–H groups in total. The predicted octanol–water partition coefficient (Wildman–Crippen LogP) is 3.56. The zero-order valence-electron chi connectivity index (χ0n) is 15.1. The van der Waals surface area contributed by atoms with Gasteiger partial charge >= 0.3 is 5.97 Å². The molecule has 0 unspecified atom stereocenters. The Hall–Kier alpha value is -2.37. The molecule has 0 radical (unpaired) electrons. The van der Waals surface area contributed by atoms with E-state index in [0.717, 1.165) is 49.9 Å². The van der Waals surface area contributed by atoms with Crippen molar-refractivity contribution in [3.63, 3.8) is 0 Å². The van der Waals surface area contributed by atoms with Crippen molar-refractivity contribution in [2.75, 3.05) is 18.0 Å². The minimum absolute atomic E-state index is 0.251. The van der Waals surface area contributed by atoms with Gasteiger partial charge in [0.15, 0.2) is 5.82 Å². The van der Waals surface area contributed by atoms with E-state index in [0.29, 0.717) is 17.1 Å². The second kappa shape index (κ2) is 6.11. The number of nitrogens with zero attached hydrogens (tertiary/aromatic N) is 2. The van der Waals surface area contributed by atoms with Crippen molar-refractivity contribution in [1.29, 1.82) is 0 Å². The molecule has 2 aromatic heterocycles. The number of hydrogen-bond acceptors (Lipinski definition) is 3. The average Bonchev–Trinajstić information content (AvgIpc) is 3.40. The SMILES string of the molecule is Cc1c(N2CCC[C@H](C)C2)c(F)cn2c(=O)c(C(=O)O)cc(C3CC3)c12. The standard InChI is InChI=1S/C20H23FN2O3/c1-11-4-3-7-22(9-11)18-12(2)17-14(13-5-6-13)8-15(20(25)26)19(24)23(17)10-16(18)21/h8,10-11,13H,3-7,9H2,1-2H3,(H,25,26)/t11-/m0/s1. The number of carbonyl (C=O) groups is 1. The average molecular weight is 358 g/mol. The molecule has 0 bridgehead atoms. The molecule has 1 aliphatic heterocycles. The number of piperidine rings is 1. The first-order valence-corrected chi connectivity index (χ1v) is 9.25.